The van der Waals surface area contributed by atoms with E-state index < -0.39 is 0 Å². The summed E-state index contributed by atoms with van der Waals surface area (Å²) in [6.45, 7) is 0. The van der Waals surface area contributed by atoms with Crippen LogP contribution in [0.4, 0.5) is 4.70 Å². The second-order valence-electron chi connectivity index (χ2n) is 0. The Bertz CT molecular complexity index is 20.5. The predicted molar refractivity (Wildman–Crippen MR) is 27.8 cm³/mol. The Morgan fingerprint density at radius 2 is 1.20 bits per heavy atom. The van der Waals surface area contributed by atoms with Crippen molar-refractivity contribution in [3.8, 4) is 0 Å². The number of rotatable bonds is 0. The average Bonchev–Trinajstić information content (AvgIpc) is 0. The summed E-state index contributed by atoms with van der Waals surface area (Å²) in [6, 6.07) is 0. The smallest absolute Gasteiger partial charge is 1.00 e. The third-order valence-corrected chi connectivity index (χ3v) is 0. The minimum Gasteiger partial charge on any atom is -1.00 e. The van der Waals surface area contributed by atoms with Crippen molar-refractivity contribution in [3.63, 3.8) is 0 Å². The molecule has 0 aromatic rings. The number of hydrogen-bond acceptors (Lipinski definition) is 0. The molecule has 3 radical (unpaired) electrons. The van der Waals surface area contributed by atoms with Crippen LogP contribution >= 0.6 is 0 Å². The SMILES string of the molecule is F.O.[B].[Ba+2].[Ca+2].[H-].[H-].[H-].[H-]. The molecule has 0 spiro atoms. The summed E-state index contributed by atoms with van der Waals surface area (Å²) in [5.74, 6) is 0. The Labute approximate surface area is 109 Å². The molecule has 0 rings (SSSR count). The summed E-state index contributed by atoms with van der Waals surface area (Å²) in [5.41, 5.74) is 0. The molecular weight excluding hydrogens is 223 g/mol. The maximum Gasteiger partial charge on any atom is 2.00 e. The quantitative estimate of drug-likeness (QED) is 0.460. The molecule has 0 aromatic heterocycles. The molecule has 0 atom stereocenters. The van der Waals surface area contributed by atoms with Crippen LogP contribution in [0.2, 0.25) is 0 Å². The van der Waals surface area contributed by atoms with E-state index in [0.717, 1.165) is 0 Å². The molecule has 0 saturated heterocycles. The normalized spacial score (nSPS) is 0. The summed E-state index contributed by atoms with van der Waals surface area (Å²) in [5, 5.41) is 0. The molecule has 27 valence electrons. The third-order valence-electron chi connectivity index (χ3n) is 0. The second-order valence-corrected chi connectivity index (χ2v) is 0. The third kappa shape index (κ3) is 20.0. The van der Waals surface area contributed by atoms with Gasteiger partial charge < -0.3 is 11.2 Å². The van der Waals surface area contributed by atoms with Crippen molar-refractivity contribution in [2.24, 2.45) is 0 Å². The van der Waals surface area contributed by atoms with Crippen LogP contribution in [0.15, 0.2) is 0 Å². The molecule has 0 aliphatic rings. The van der Waals surface area contributed by atoms with Crippen molar-refractivity contribution < 1.29 is 15.9 Å². The van der Waals surface area contributed by atoms with Gasteiger partial charge in [0.05, 0.1) is 0 Å². The fraction of sp³-hybridized carbons (Fsp3) is 0. The molecular formula is H7BBaCaFO. The molecule has 5 heteroatoms. The van der Waals surface area contributed by atoms with Crippen LogP contribution in [0.1, 0.15) is 5.71 Å². The van der Waals surface area contributed by atoms with Crippen LogP contribution in [0.25, 0.3) is 0 Å². The van der Waals surface area contributed by atoms with Crippen molar-refractivity contribution >= 4 is 95.0 Å². The summed E-state index contributed by atoms with van der Waals surface area (Å²) in [4.78, 5) is 0. The van der Waals surface area contributed by atoms with Gasteiger partial charge in [-0.1, -0.05) is 0 Å². The van der Waals surface area contributed by atoms with Crippen molar-refractivity contribution in [2.75, 3.05) is 0 Å². The maximum absolute atomic E-state index is 0. The molecule has 0 heterocycles. The molecule has 0 aliphatic heterocycles. The first-order chi connectivity index (χ1) is 0. The monoisotopic (exact) mass is 231 g/mol. The van der Waals surface area contributed by atoms with E-state index in [1.165, 1.54) is 0 Å². The van der Waals surface area contributed by atoms with E-state index in [0.29, 0.717) is 0 Å². The van der Waals surface area contributed by atoms with Crippen LogP contribution in [0.3, 0.4) is 0 Å². The zero-order valence-electron chi connectivity index (χ0n) is 6.90. The van der Waals surface area contributed by atoms with Crippen LogP contribution in [-0.4, -0.2) is 101 Å². The second kappa shape index (κ2) is 29.3. The topological polar surface area (TPSA) is 31.5 Å². The molecule has 0 bridgehead atoms. The van der Waals surface area contributed by atoms with Crippen LogP contribution in [0.5, 0.6) is 0 Å². The first kappa shape index (κ1) is 46.2. The van der Waals surface area contributed by atoms with Gasteiger partial charge in [0.15, 0.2) is 0 Å². The minimum atomic E-state index is 0. The summed E-state index contributed by atoms with van der Waals surface area (Å²) in [6.07, 6.45) is 0. The molecule has 0 aliphatic carbocycles. The van der Waals surface area contributed by atoms with Gasteiger partial charge in [-0.25, -0.2) is 0 Å². The van der Waals surface area contributed by atoms with Crippen molar-refractivity contribution in [3.05, 3.63) is 0 Å². The van der Waals surface area contributed by atoms with E-state index in [-0.39, 0.29) is 111 Å². The van der Waals surface area contributed by atoms with Gasteiger partial charge in [-0.05, 0) is 0 Å². The summed E-state index contributed by atoms with van der Waals surface area (Å²) >= 11 is 0. The first-order valence-electron chi connectivity index (χ1n) is 0. The minimum absolute atomic E-state index is 0. The van der Waals surface area contributed by atoms with Gasteiger partial charge in [-0.15, -0.1) is 0 Å². The fourth-order valence-electron chi connectivity index (χ4n) is 0. The molecule has 0 unspecified atom stereocenters. The molecule has 0 amide bonds. The molecule has 0 aromatic carbocycles. The Hall–Kier alpha value is 2.79. The molecule has 1 nitrogen and oxygen atoms in total. The summed E-state index contributed by atoms with van der Waals surface area (Å²) < 4.78 is 0. The van der Waals surface area contributed by atoms with Crippen LogP contribution < -0.4 is 0 Å². The van der Waals surface area contributed by atoms with Crippen molar-refractivity contribution in [1.29, 1.82) is 0 Å². The van der Waals surface area contributed by atoms with Gasteiger partial charge in [0, 0.05) is 8.41 Å². The Morgan fingerprint density at radius 1 is 1.20 bits per heavy atom. The van der Waals surface area contributed by atoms with Crippen LogP contribution in [-0.2, 0) is 0 Å². The van der Waals surface area contributed by atoms with Gasteiger partial charge in [-0.2, -0.15) is 0 Å². The van der Waals surface area contributed by atoms with Gasteiger partial charge in [0.2, 0.25) is 0 Å². The van der Waals surface area contributed by atoms with E-state index in [1.807, 2.05) is 0 Å². The van der Waals surface area contributed by atoms with Gasteiger partial charge in [-0.3, -0.25) is 4.70 Å². The van der Waals surface area contributed by atoms with Gasteiger partial charge in [0.1, 0.15) is 0 Å². The molecule has 5 heavy (non-hydrogen) atoms. The molecule has 0 saturated carbocycles. The molecule has 0 fully saturated rings. The van der Waals surface area contributed by atoms with Crippen molar-refractivity contribution in [2.45, 2.75) is 0 Å². The summed E-state index contributed by atoms with van der Waals surface area (Å²) in [7, 11) is 0. The maximum atomic E-state index is 0. The largest absolute Gasteiger partial charge is 2.00 e. The molecule has 2 N–H and O–H groups in total. The van der Waals surface area contributed by atoms with E-state index >= 15 is 0 Å². The predicted octanol–water partition coefficient (Wildman–Crippen LogP) is -1.36. The first-order valence-corrected chi connectivity index (χ1v) is 0. The van der Waals surface area contributed by atoms with Gasteiger partial charge in [0.25, 0.3) is 0 Å². The van der Waals surface area contributed by atoms with Gasteiger partial charge >= 0.3 is 86.6 Å². The standard InChI is InChI=1S/B.Ba.Ca.FH.H2O.4H/h;;;1H;1H2;;;;/q;2*+2;;;4*-1. The van der Waals surface area contributed by atoms with E-state index in [2.05, 4.69) is 0 Å². The Kier molecular flexibility index (Phi) is 270. The van der Waals surface area contributed by atoms with E-state index in [1.54, 1.807) is 0 Å². The van der Waals surface area contributed by atoms with E-state index in [4.69, 9.17) is 0 Å². The average molecular weight is 230 g/mol. The fourth-order valence-corrected chi connectivity index (χ4v) is 0. The number of halogens is 1. The zero-order chi connectivity index (χ0) is 0. The zero-order valence-corrected chi connectivity index (χ0v) is 9.55. The Morgan fingerprint density at radius 3 is 1.20 bits per heavy atom. The van der Waals surface area contributed by atoms with Crippen LogP contribution in [0, 0.1) is 0 Å². The number of hydrogen-bond donors (Lipinski definition) is 0. The van der Waals surface area contributed by atoms with E-state index in [9.17, 15) is 0 Å². The Balaban J connectivity index is 0. The van der Waals surface area contributed by atoms with Crippen molar-refractivity contribution in [1.82, 2.24) is 0 Å².